The van der Waals surface area contributed by atoms with Crippen LogP contribution in [0.25, 0.3) is 21.6 Å². The maximum atomic E-state index is 5.94. The van der Waals surface area contributed by atoms with Crippen LogP contribution in [0.3, 0.4) is 0 Å². The van der Waals surface area contributed by atoms with E-state index in [1.54, 1.807) is 11.3 Å². The van der Waals surface area contributed by atoms with Crippen molar-refractivity contribution >= 4 is 32.9 Å². The second-order valence-electron chi connectivity index (χ2n) is 8.34. The fourth-order valence-corrected chi connectivity index (χ4v) is 3.93. The summed E-state index contributed by atoms with van der Waals surface area (Å²) in [6, 6.07) is 5.99. The standard InChI is InChI=1S/C20H22N4OS/c1-19(2,3)17-24-15-14(25-17)9-12(11-22-15)10-20(4,5)18-23-13-7-6-8-21-16(13)26-18/h6-9,11H,10H2,1-5H3. The quantitative estimate of drug-likeness (QED) is 0.508. The molecule has 0 aliphatic heterocycles. The molecule has 0 aliphatic rings. The molecule has 4 aromatic rings. The Morgan fingerprint density at radius 1 is 1.08 bits per heavy atom. The first kappa shape index (κ1) is 17.1. The molecule has 0 spiro atoms. The highest BCUT2D eigenvalue weighted by atomic mass is 32.1. The molecule has 134 valence electrons. The van der Waals surface area contributed by atoms with Crippen LogP contribution < -0.4 is 0 Å². The van der Waals surface area contributed by atoms with Crippen molar-refractivity contribution in [3.63, 3.8) is 0 Å². The van der Waals surface area contributed by atoms with Crippen molar-refractivity contribution in [2.45, 2.75) is 51.9 Å². The van der Waals surface area contributed by atoms with Crippen molar-refractivity contribution in [3.05, 3.63) is 47.1 Å². The Morgan fingerprint density at radius 3 is 2.62 bits per heavy atom. The maximum absolute atomic E-state index is 5.94. The molecule has 0 unspecified atom stereocenters. The summed E-state index contributed by atoms with van der Waals surface area (Å²) >= 11 is 1.66. The lowest BCUT2D eigenvalue weighted by Gasteiger charge is -2.21. The molecule has 0 aromatic carbocycles. The molecule has 4 aromatic heterocycles. The van der Waals surface area contributed by atoms with Crippen LogP contribution in [0.2, 0.25) is 0 Å². The number of thiazole rings is 1. The lowest BCUT2D eigenvalue weighted by atomic mass is 9.87. The second-order valence-corrected chi connectivity index (χ2v) is 9.32. The molecule has 6 heteroatoms. The summed E-state index contributed by atoms with van der Waals surface area (Å²) in [5, 5.41) is 1.08. The van der Waals surface area contributed by atoms with Crippen molar-refractivity contribution in [1.82, 2.24) is 19.9 Å². The van der Waals surface area contributed by atoms with Crippen molar-refractivity contribution in [2.75, 3.05) is 0 Å². The molecule has 0 aliphatic carbocycles. The Hall–Kier alpha value is -2.34. The topological polar surface area (TPSA) is 64.7 Å². The number of aromatic nitrogens is 4. The number of nitrogens with zero attached hydrogens (tertiary/aromatic N) is 4. The highest BCUT2D eigenvalue weighted by molar-refractivity contribution is 7.18. The minimum atomic E-state index is -0.131. The van der Waals surface area contributed by atoms with Gasteiger partial charge in [-0.2, -0.15) is 4.98 Å². The first-order chi connectivity index (χ1) is 12.2. The van der Waals surface area contributed by atoms with Gasteiger partial charge in [0.25, 0.3) is 0 Å². The summed E-state index contributed by atoms with van der Waals surface area (Å²) in [6.45, 7) is 10.7. The second kappa shape index (κ2) is 5.84. The van der Waals surface area contributed by atoms with Gasteiger partial charge in [0.05, 0.1) is 0 Å². The van der Waals surface area contributed by atoms with Crippen molar-refractivity contribution in [2.24, 2.45) is 0 Å². The lowest BCUT2D eigenvalue weighted by Crippen LogP contribution is -2.20. The number of oxazole rings is 1. The van der Waals surface area contributed by atoms with Gasteiger partial charge in [-0.1, -0.05) is 46.0 Å². The number of fused-ring (bicyclic) bond motifs is 2. The molecule has 0 saturated heterocycles. The van der Waals surface area contributed by atoms with Crippen LogP contribution in [-0.4, -0.2) is 19.9 Å². The molecular weight excluding hydrogens is 344 g/mol. The normalized spacial score (nSPS) is 13.0. The Kier molecular flexibility index (Phi) is 3.84. The first-order valence-electron chi connectivity index (χ1n) is 8.70. The predicted molar refractivity (Wildman–Crippen MR) is 105 cm³/mol. The van der Waals surface area contributed by atoms with Crippen LogP contribution in [0.5, 0.6) is 0 Å². The van der Waals surface area contributed by atoms with Gasteiger partial charge < -0.3 is 4.42 Å². The third-order valence-electron chi connectivity index (χ3n) is 4.34. The van der Waals surface area contributed by atoms with E-state index in [0.717, 1.165) is 32.9 Å². The van der Waals surface area contributed by atoms with E-state index < -0.39 is 0 Å². The summed E-state index contributed by atoms with van der Waals surface area (Å²) < 4.78 is 5.94. The van der Waals surface area contributed by atoms with E-state index in [-0.39, 0.29) is 10.8 Å². The van der Waals surface area contributed by atoms with Crippen LogP contribution in [0.4, 0.5) is 0 Å². The monoisotopic (exact) mass is 366 g/mol. The molecule has 0 N–H and O–H groups in total. The van der Waals surface area contributed by atoms with Crippen LogP contribution >= 0.6 is 11.3 Å². The van der Waals surface area contributed by atoms with Gasteiger partial charge >= 0.3 is 0 Å². The Balaban J connectivity index is 1.66. The van der Waals surface area contributed by atoms with Crippen molar-refractivity contribution in [3.8, 4) is 0 Å². The smallest absolute Gasteiger partial charge is 0.202 e. The fraction of sp³-hybridized carbons (Fsp3) is 0.400. The van der Waals surface area contributed by atoms with E-state index in [2.05, 4.69) is 55.6 Å². The zero-order chi connectivity index (χ0) is 18.5. The summed E-state index contributed by atoms with van der Waals surface area (Å²) in [5.41, 5.74) is 3.24. The van der Waals surface area contributed by atoms with E-state index in [9.17, 15) is 0 Å². The van der Waals surface area contributed by atoms with Gasteiger partial charge in [0.1, 0.15) is 15.4 Å². The molecule has 0 fully saturated rings. The van der Waals surface area contributed by atoms with Gasteiger partial charge in [0.2, 0.25) is 5.89 Å². The van der Waals surface area contributed by atoms with Gasteiger partial charge in [0.15, 0.2) is 11.2 Å². The Morgan fingerprint density at radius 2 is 1.88 bits per heavy atom. The molecule has 26 heavy (non-hydrogen) atoms. The minimum absolute atomic E-state index is 0.117. The van der Waals surface area contributed by atoms with E-state index in [1.165, 1.54) is 0 Å². The average Bonchev–Trinajstić information content (AvgIpc) is 3.18. The molecule has 4 heterocycles. The summed E-state index contributed by atoms with van der Waals surface area (Å²) in [6.07, 6.45) is 4.53. The largest absolute Gasteiger partial charge is 0.438 e. The fourth-order valence-electron chi connectivity index (χ4n) is 2.92. The van der Waals surface area contributed by atoms with Crippen LogP contribution in [0.1, 0.15) is 51.1 Å². The zero-order valence-electron chi connectivity index (χ0n) is 15.7. The molecule has 5 nitrogen and oxygen atoms in total. The summed E-state index contributed by atoms with van der Waals surface area (Å²) in [7, 11) is 0. The number of pyridine rings is 2. The minimum Gasteiger partial charge on any atom is -0.438 e. The van der Waals surface area contributed by atoms with Gasteiger partial charge in [0, 0.05) is 23.2 Å². The molecule has 4 rings (SSSR count). The molecule has 0 atom stereocenters. The predicted octanol–water partition coefficient (Wildman–Crippen LogP) is 5.05. The third-order valence-corrected chi connectivity index (χ3v) is 5.68. The first-order valence-corrected chi connectivity index (χ1v) is 9.52. The lowest BCUT2D eigenvalue weighted by molar-refractivity contribution is 0.410. The maximum Gasteiger partial charge on any atom is 0.202 e. The van der Waals surface area contributed by atoms with Gasteiger partial charge in [-0.25, -0.2) is 15.0 Å². The molecule has 0 saturated carbocycles. The summed E-state index contributed by atoms with van der Waals surface area (Å²) in [5.74, 6) is 0.716. The molecular formula is C20H22N4OS. The van der Waals surface area contributed by atoms with Gasteiger partial charge in [-0.05, 0) is 30.2 Å². The van der Waals surface area contributed by atoms with E-state index in [4.69, 9.17) is 9.40 Å². The average molecular weight is 366 g/mol. The van der Waals surface area contributed by atoms with E-state index in [0.29, 0.717) is 11.5 Å². The molecule has 0 bridgehead atoms. The van der Waals surface area contributed by atoms with Gasteiger partial charge in [-0.3, -0.25) is 0 Å². The number of hydrogen-bond acceptors (Lipinski definition) is 6. The van der Waals surface area contributed by atoms with E-state index in [1.807, 2.05) is 24.5 Å². The van der Waals surface area contributed by atoms with Crippen LogP contribution in [0.15, 0.2) is 35.0 Å². The van der Waals surface area contributed by atoms with Crippen molar-refractivity contribution < 1.29 is 4.42 Å². The van der Waals surface area contributed by atoms with Gasteiger partial charge in [-0.15, -0.1) is 0 Å². The molecule has 0 radical (unpaired) electrons. The Bertz CT molecular complexity index is 1060. The highest BCUT2D eigenvalue weighted by Gasteiger charge is 2.27. The van der Waals surface area contributed by atoms with Crippen LogP contribution in [0, 0.1) is 0 Å². The summed E-state index contributed by atoms with van der Waals surface area (Å²) in [4.78, 5) is 19.2. The molecule has 0 amide bonds. The third kappa shape index (κ3) is 3.09. The zero-order valence-corrected chi connectivity index (χ0v) is 16.5. The van der Waals surface area contributed by atoms with E-state index >= 15 is 0 Å². The number of rotatable bonds is 3. The Labute approximate surface area is 156 Å². The highest BCUT2D eigenvalue weighted by Crippen LogP contribution is 2.34. The SMILES string of the molecule is CC(C)(C)c1nc2ncc(CC(C)(C)c3nc4cccnc4s3)cc2o1. The number of hydrogen-bond donors (Lipinski definition) is 0. The van der Waals surface area contributed by atoms with Crippen molar-refractivity contribution in [1.29, 1.82) is 0 Å². The van der Waals surface area contributed by atoms with Crippen LogP contribution in [-0.2, 0) is 17.3 Å².